The van der Waals surface area contributed by atoms with Crippen LogP contribution in [-0.4, -0.2) is 28.1 Å². The predicted octanol–water partition coefficient (Wildman–Crippen LogP) is 13.8. The van der Waals surface area contributed by atoms with Gasteiger partial charge in [-0.3, -0.25) is 0 Å². The van der Waals surface area contributed by atoms with Gasteiger partial charge in [-0.15, -0.1) is 11.3 Å². The molecule has 0 fully saturated rings. The number of benzene rings is 3. The standard InChI is InChI=1S/C45H63NO2SSi/c1-8-10-12-13-16-40-35-44(49-36-40)30-23-38-19-26-42(27-20-38)46(41-24-17-37(18-25-41)15-11-9-2)43-28-21-39(22-29-43)31-34-47-32-14-33-48-50(6,7)45(3,4)5/h17-30,35-36H,8-16,31-34H2,1-7H3/b30-23+. The van der Waals surface area contributed by atoms with E-state index in [1.165, 1.54) is 77.8 Å². The number of aryl methyl sites for hydroxylation is 2. The monoisotopic (exact) mass is 709 g/mol. The Morgan fingerprint density at radius 2 is 1.20 bits per heavy atom. The summed E-state index contributed by atoms with van der Waals surface area (Å²) < 4.78 is 12.3. The molecule has 1 aromatic heterocycles. The van der Waals surface area contributed by atoms with Crippen molar-refractivity contribution in [3.05, 3.63) is 111 Å². The molecule has 0 amide bonds. The summed E-state index contributed by atoms with van der Waals surface area (Å²) in [5.74, 6) is 0. The normalized spacial score (nSPS) is 12.2. The Kier molecular flexibility index (Phi) is 16.1. The molecule has 50 heavy (non-hydrogen) atoms. The van der Waals surface area contributed by atoms with Gasteiger partial charge in [-0.1, -0.05) is 103 Å². The molecule has 0 aliphatic heterocycles. The molecule has 0 saturated carbocycles. The van der Waals surface area contributed by atoms with E-state index in [1.807, 2.05) is 11.3 Å². The van der Waals surface area contributed by atoms with E-state index < -0.39 is 8.32 Å². The molecule has 0 spiro atoms. The number of thiophene rings is 1. The zero-order valence-electron chi connectivity index (χ0n) is 32.1. The Morgan fingerprint density at radius 3 is 1.80 bits per heavy atom. The number of unbranched alkanes of at least 4 members (excludes halogenated alkanes) is 4. The summed E-state index contributed by atoms with van der Waals surface area (Å²) in [6.07, 6.45) is 16.3. The average Bonchev–Trinajstić information content (AvgIpc) is 3.57. The maximum Gasteiger partial charge on any atom is 0.191 e. The van der Waals surface area contributed by atoms with Crippen molar-refractivity contribution in [2.24, 2.45) is 0 Å². The first-order valence-electron chi connectivity index (χ1n) is 19.1. The molecular formula is C45H63NO2SSi. The molecule has 0 aliphatic rings. The minimum Gasteiger partial charge on any atom is -0.417 e. The summed E-state index contributed by atoms with van der Waals surface area (Å²) in [5.41, 5.74) is 8.86. The zero-order chi connectivity index (χ0) is 35.8. The first-order valence-corrected chi connectivity index (χ1v) is 22.9. The fourth-order valence-corrected chi connectivity index (χ4v) is 7.66. The van der Waals surface area contributed by atoms with Crippen LogP contribution in [0, 0.1) is 0 Å². The van der Waals surface area contributed by atoms with Crippen molar-refractivity contribution in [2.75, 3.05) is 24.7 Å². The van der Waals surface area contributed by atoms with Crippen LogP contribution in [0.4, 0.5) is 17.1 Å². The summed E-state index contributed by atoms with van der Waals surface area (Å²) in [6, 6.07) is 29.4. The van der Waals surface area contributed by atoms with Gasteiger partial charge in [-0.05, 0) is 133 Å². The molecule has 0 unspecified atom stereocenters. The highest BCUT2D eigenvalue weighted by atomic mass is 32.1. The number of rotatable bonds is 21. The average molecular weight is 710 g/mol. The van der Waals surface area contributed by atoms with E-state index >= 15 is 0 Å². The molecule has 4 aromatic rings. The maximum absolute atomic E-state index is 6.30. The second kappa shape index (κ2) is 20.2. The first kappa shape index (κ1) is 39.8. The van der Waals surface area contributed by atoms with Crippen LogP contribution >= 0.6 is 11.3 Å². The van der Waals surface area contributed by atoms with E-state index in [-0.39, 0.29) is 5.04 Å². The van der Waals surface area contributed by atoms with E-state index in [9.17, 15) is 0 Å². The van der Waals surface area contributed by atoms with Crippen molar-refractivity contribution in [3.63, 3.8) is 0 Å². The van der Waals surface area contributed by atoms with Crippen LogP contribution in [0.1, 0.15) is 107 Å². The summed E-state index contributed by atoms with van der Waals surface area (Å²) >= 11 is 1.85. The van der Waals surface area contributed by atoms with Gasteiger partial charge in [0.05, 0.1) is 6.61 Å². The third-order valence-corrected chi connectivity index (χ3v) is 15.5. The summed E-state index contributed by atoms with van der Waals surface area (Å²) in [5, 5.41) is 2.57. The fourth-order valence-electron chi connectivity index (χ4n) is 5.73. The molecule has 5 heteroatoms. The molecule has 0 radical (unpaired) electrons. The summed E-state index contributed by atoms with van der Waals surface area (Å²) in [6.45, 7) is 18.3. The molecule has 270 valence electrons. The Bertz CT molecular complexity index is 1550. The minimum absolute atomic E-state index is 0.247. The van der Waals surface area contributed by atoms with Crippen molar-refractivity contribution in [1.82, 2.24) is 0 Å². The maximum atomic E-state index is 6.30. The highest BCUT2D eigenvalue weighted by Crippen LogP contribution is 2.37. The topological polar surface area (TPSA) is 21.7 Å². The van der Waals surface area contributed by atoms with Crippen molar-refractivity contribution in [3.8, 4) is 0 Å². The van der Waals surface area contributed by atoms with Gasteiger partial charge < -0.3 is 14.1 Å². The highest BCUT2D eigenvalue weighted by Gasteiger charge is 2.36. The second-order valence-corrected chi connectivity index (χ2v) is 20.9. The quantitative estimate of drug-likeness (QED) is 0.0635. The Morgan fingerprint density at radius 1 is 0.620 bits per heavy atom. The molecule has 4 rings (SSSR count). The van der Waals surface area contributed by atoms with Crippen molar-refractivity contribution in [1.29, 1.82) is 0 Å². The molecule has 3 nitrogen and oxygen atoms in total. The van der Waals surface area contributed by atoms with Gasteiger partial charge in [-0.2, -0.15) is 0 Å². The Labute approximate surface area is 309 Å². The fraction of sp³-hybridized carbons (Fsp3) is 0.467. The lowest BCUT2D eigenvalue weighted by atomic mass is 10.1. The number of ether oxygens (including phenoxy) is 1. The van der Waals surface area contributed by atoms with Crippen molar-refractivity contribution in [2.45, 2.75) is 117 Å². The Balaban J connectivity index is 1.38. The van der Waals surface area contributed by atoms with Crippen molar-refractivity contribution < 1.29 is 9.16 Å². The third kappa shape index (κ3) is 12.7. The molecule has 0 bridgehead atoms. The minimum atomic E-state index is -1.69. The van der Waals surface area contributed by atoms with Gasteiger partial charge in [-0.25, -0.2) is 0 Å². The molecule has 0 atom stereocenters. The number of anilines is 3. The predicted molar refractivity (Wildman–Crippen MR) is 223 cm³/mol. The third-order valence-electron chi connectivity index (χ3n) is 10.0. The first-order chi connectivity index (χ1) is 24.1. The smallest absolute Gasteiger partial charge is 0.191 e. The number of nitrogens with zero attached hydrogens (tertiary/aromatic N) is 1. The van der Waals surface area contributed by atoms with Crippen LogP contribution in [0.15, 0.2) is 84.2 Å². The van der Waals surface area contributed by atoms with Gasteiger partial charge in [0.1, 0.15) is 0 Å². The van der Waals surface area contributed by atoms with Crippen LogP contribution in [0.2, 0.25) is 18.1 Å². The van der Waals surface area contributed by atoms with Gasteiger partial charge in [0.25, 0.3) is 0 Å². The highest BCUT2D eigenvalue weighted by molar-refractivity contribution is 7.11. The SMILES string of the molecule is CCCCCCc1csc(/C=C/c2ccc(N(c3ccc(CCCC)cc3)c3ccc(CCOCCCO[Si](C)(C)C(C)(C)C)cc3)cc2)c1. The van der Waals surface area contributed by atoms with E-state index in [0.717, 1.165) is 50.5 Å². The van der Waals surface area contributed by atoms with Crippen LogP contribution in [-0.2, 0) is 28.4 Å². The van der Waals surface area contributed by atoms with E-state index in [4.69, 9.17) is 9.16 Å². The van der Waals surface area contributed by atoms with Gasteiger partial charge in [0.2, 0.25) is 0 Å². The number of hydrogen-bond donors (Lipinski definition) is 0. The van der Waals surface area contributed by atoms with Crippen LogP contribution in [0.5, 0.6) is 0 Å². The molecule has 0 aliphatic carbocycles. The zero-order valence-corrected chi connectivity index (χ0v) is 33.9. The van der Waals surface area contributed by atoms with E-state index in [0.29, 0.717) is 0 Å². The summed E-state index contributed by atoms with van der Waals surface area (Å²) in [7, 11) is -1.69. The molecule has 0 N–H and O–H groups in total. The lowest BCUT2D eigenvalue weighted by molar-refractivity contribution is 0.120. The van der Waals surface area contributed by atoms with Gasteiger partial charge in [0.15, 0.2) is 8.32 Å². The lowest BCUT2D eigenvalue weighted by Crippen LogP contribution is -2.41. The lowest BCUT2D eigenvalue weighted by Gasteiger charge is -2.36. The van der Waals surface area contributed by atoms with Gasteiger partial charge in [0, 0.05) is 35.2 Å². The van der Waals surface area contributed by atoms with Gasteiger partial charge >= 0.3 is 0 Å². The molecule has 0 saturated heterocycles. The van der Waals surface area contributed by atoms with Crippen molar-refractivity contribution >= 4 is 48.9 Å². The van der Waals surface area contributed by atoms with Crippen LogP contribution in [0.25, 0.3) is 12.2 Å². The number of hydrogen-bond acceptors (Lipinski definition) is 4. The van der Waals surface area contributed by atoms with Crippen LogP contribution in [0.3, 0.4) is 0 Å². The second-order valence-electron chi connectivity index (χ2n) is 15.2. The molecular weight excluding hydrogens is 647 g/mol. The van der Waals surface area contributed by atoms with E-state index in [1.54, 1.807) is 0 Å². The molecule has 1 heterocycles. The summed E-state index contributed by atoms with van der Waals surface area (Å²) in [4.78, 5) is 3.69. The largest absolute Gasteiger partial charge is 0.417 e. The Hall–Kier alpha value is -2.96. The molecule has 3 aromatic carbocycles. The van der Waals surface area contributed by atoms with Crippen LogP contribution < -0.4 is 4.90 Å². The van der Waals surface area contributed by atoms with E-state index in [2.05, 4.69) is 149 Å².